The number of hydrogen-bond donors (Lipinski definition) is 1. The molecule has 9 heteroatoms. The number of methoxy groups -OCH3 is 2. The zero-order valence-corrected chi connectivity index (χ0v) is 21.6. The second-order valence-electron chi connectivity index (χ2n) is 6.75. The van der Waals surface area contributed by atoms with Gasteiger partial charge in [-0.1, -0.05) is 18.2 Å². The molecule has 172 valence electrons. The van der Waals surface area contributed by atoms with E-state index in [-0.39, 0.29) is 29.7 Å². The van der Waals surface area contributed by atoms with Crippen LogP contribution in [0, 0.1) is 0 Å². The average molecular weight is 561 g/mol. The Balaban J connectivity index is 0.00000480. The second kappa shape index (κ2) is 13.4. The molecule has 0 saturated carbocycles. The Morgan fingerprint density at radius 2 is 1.81 bits per heavy atom. The van der Waals surface area contributed by atoms with Crippen LogP contribution in [-0.4, -0.2) is 59.4 Å². The summed E-state index contributed by atoms with van der Waals surface area (Å²) in [5, 5.41) is 3.25. The van der Waals surface area contributed by atoms with Crippen LogP contribution >= 0.6 is 24.0 Å². The first-order valence-electron chi connectivity index (χ1n) is 9.89. The third-order valence-electron chi connectivity index (χ3n) is 4.53. The van der Waals surface area contributed by atoms with Crippen LogP contribution in [0.15, 0.2) is 58.4 Å². The van der Waals surface area contributed by atoms with Crippen molar-refractivity contribution in [2.24, 2.45) is 4.99 Å². The summed E-state index contributed by atoms with van der Waals surface area (Å²) >= 11 is 0. The van der Waals surface area contributed by atoms with Gasteiger partial charge in [0.15, 0.2) is 15.8 Å². The highest BCUT2D eigenvalue weighted by molar-refractivity contribution is 14.0. The maximum Gasteiger partial charge on any atom is 0.193 e. The standard InChI is InChI=1S/C22H31N3O4S.HI/c1-5-23-22(24-14-9-15-30(26,27)20-10-7-6-8-11-20)25(2)17-18-12-13-19(28-3)16-21(18)29-4;/h6-8,10-13,16H,5,9,14-15,17H2,1-4H3,(H,23,24);1H. The fourth-order valence-corrected chi connectivity index (χ4v) is 4.28. The second-order valence-corrected chi connectivity index (χ2v) is 8.86. The molecule has 0 aromatic heterocycles. The predicted molar refractivity (Wildman–Crippen MR) is 136 cm³/mol. The molecule has 0 bridgehead atoms. The summed E-state index contributed by atoms with van der Waals surface area (Å²) in [7, 11) is 1.90. The van der Waals surface area contributed by atoms with Crippen molar-refractivity contribution >= 4 is 39.8 Å². The van der Waals surface area contributed by atoms with Crippen LogP contribution in [0.5, 0.6) is 11.5 Å². The number of ether oxygens (including phenoxy) is 2. The van der Waals surface area contributed by atoms with E-state index in [9.17, 15) is 8.42 Å². The summed E-state index contributed by atoms with van der Waals surface area (Å²) in [4.78, 5) is 6.93. The van der Waals surface area contributed by atoms with Gasteiger partial charge in [-0.3, -0.25) is 4.99 Å². The number of nitrogens with one attached hydrogen (secondary N) is 1. The molecule has 0 spiro atoms. The molecule has 31 heavy (non-hydrogen) atoms. The van der Waals surface area contributed by atoms with Crippen molar-refractivity contribution in [3.8, 4) is 11.5 Å². The summed E-state index contributed by atoms with van der Waals surface area (Å²) < 4.78 is 35.5. The first-order valence-corrected chi connectivity index (χ1v) is 11.5. The van der Waals surface area contributed by atoms with E-state index in [4.69, 9.17) is 9.47 Å². The molecule has 2 aromatic rings. The molecule has 0 aliphatic carbocycles. The summed E-state index contributed by atoms with van der Waals surface area (Å²) in [5.74, 6) is 2.26. The van der Waals surface area contributed by atoms with E-state index in [1.807, 2.05) is 37.1 Å². The van der Waals surface area contributed by atoms with Crippen LogP contribution in [0.3, 0.4) is 0 Å². The maximum atomic E-state index is 12.4. The van der Waals surface area contributed by atoms with Crippen LogP contribution < -0.4 is 14.8 Å². The lowest BCUT2D eigenvalue weighted by atomic mass is 10.2. The lowest BCUT2D eigenvalue weighted by molar-refractivity contribution is 0.382. The van der Waals surface area contributed by atoms with Gasteiger partial charge >= 0.3 is 0 Å². The molecule has 2 aromatic carbocycles. The van der Waals surface area contributed by atoms with Crippen LogP contribution in [0.2, 0.25) is 0 Å². The Hall–Kier alpha value is -2.01. The van der Waals surface area contributed by atoms with Gasteiger partial charge in [0.2, 0.25) is 0 Å². The molecule has 0 radical (unpaired) electrons. The smallest absolute Gasteiger partial charge is 0.193 e. The van der Waals surface area contributed by atoms with Gasteiger partial charge in [0.1, 0.15) is 11.5 Å². The highest BCUT2D eigenvalue weighted by Gasteiger charge is 2.14. The van der Waals surface area contributed by atoms with Crippen molar-refractivity contribution in [1.82, 2.24) is 10.2 Å². The molecule has 0 heterocycles. The number of sulfone groups is 1. The van der Waals surface area contributed by atoms with Crippen molar-refractivity contribution in [1.29, 1.82) is 0 Å². The number of aliphatic imine (C=N–C) groups is 1. The Morgan fingerprint density at radius 3 is 2.42 bits per heavy atom. The van der Waals surface area contributed by atoms with Crippen LogP contribution in [0.1, 0.15) is 18.9 Å². The van der Waals surface area contributed by atoms with E-state index in [1.165, 1.54) is 0 Å². The quantitative estimate of drug-likeness (QED) is 0.207. The number of benzene rings is 2. The molecule has 0 atom stereocenters. The molecular formula is C22H32IN3O4S. The lowest BCUT2D eigenvalue weighted by Crippen LogP contribution is -2.38. The number of guanidine groups is 1. The van der Waals surface area contributed by atoms with Crippen molar-refractivity contribution in [3.63, 3.8) is 0 Å². The monoisotopic (exact) mass is 561 g/mol. The molecule has 0 aliphatic heterocycles. The number of nitrogens with zero attached hydrogens (tertiary/aromatic N) is 2. The zero-order chi connectivity index (χ0) is 22.0. The Bertz CT molecular complexity index is 937. The Kier molecular flexibility index (Phi) is 11.7. The van der Waals surface area contributed by atoms with Crippen molar-refractivity contribution in [2.75, 3.05) is 40.1 Å². The molecular weight excluding hydrogens is 529 g/mol. The molecule has 0 fully saturated rings. The Morgan fingerprint density at radius 1 is 1.10 bits per heavy atom. The zero-order valence-electron chi connectivity index (χ0n) is 18.5. The highest BCUT2D eigenvalue weighted by atomic mass is 127. The number of halogens is 1. The lowest BCUT2D eigenvalue weighted by Gasteiger charge is -2.23. The molecule has 7 nitrogen and oxygen atoms in total. The number of hydrogen-bond acceptors (Lipinski definition) is 5. The van der Waals surface area contributed by atoms with Gasteiger partial charge in [0.05, 0.1) is 24.9 Å². The molecule has 1 N–H and O–H groups in total. The predicted octanol–water partition coefficient (Wildman–Crippen LogP) is 3.58. The minimum atomic E-state index is -3.29. The molecule has 0 unspecified atom stereocenters. The van der Waals surface area contributed by atoms with Gasteiger partial charge in [-0.15, -0.1) is 24.0 Å². The SMILES string of the molecule is CCNC(=NCCCS(=O)(=O)c1ccccc1)N(C)Cc1ccc(OC)cc1OC.I. The fraction of sp³-hybridized carbons (Fsp3) is 0.409. The van der Waals surface area contributed by atoms with E-state index < -0.39 is 9.84 Å². The van der Waals surface area contributed by atoms with E-state index in [1.54, 1.807) is 44.6 Å². The fourth-order valence-electron chi connectivity index (χ4n) is 2.97. The first kappa shape index (κ1) is 27.0. The summed E-state index contributed by atoms with van der Waals surface area (Å²) in [6.07, 6.45) is 0.450. The minimum absolute atomic E-state index is 0. The third kappa shape index (κ3) is 8.21. The van der Waals surface area contributed by atoms with E-state index in [0.717, 1.165) is 17.1 Å². The van der Waals surface area contributed by atoms with Crippen LogP contribution in [-0.2, 0) is 16.4 Å². The molecule has 0 amide bonds. The maximum absolute atomic E-state index is 12.4. The van der Waals surface area contributed by atoms with Crippen LogP contribution in [0.25, 0.3) is 0 Å². The third-order valence-corrected chi connectivity index (χ3v) is 6.35. The van der Waals surface area contributed by atoms with Gasteiger partial charge in [0, 0.05) is 38.3 Å². The van der Waals surface area contributed by atoms with Gasteiger partial charge in [-0.2, -0.15) is 0 Å². The topological polar surface area (TPSA) is 80.2 Å². The van der Waals surface area contributed by atoms with E-state index >= 15 is 0 Å². The number of rotatable bonds is 10. The highest BCUT2D eigenvalue weighted by Crippen LogP contribution is 2.25. The largest absolute Gasteiger partial charge is 0.497 e. The molecule has 0 saturated heterocycles. The summed E-state index contributed by atoms with van der Waals surface area (Å²) in [6, 6.07) is 14.2. The van der Waals surface area contributed by atoms with E-state index in [2.05, 4.69) is 10.3 Å². The van der Waals surface area contributed by atoms with Crippen molar-refractivity contribution in [3.05, 3.63) is 54.1 Å². The van der Waals surface area contributed by atoms with Gasteiger partial charge < -0.3 is 19.7 Å². The van der Waals surface area contributed by atoms with Gasteiger partial charge in [-0.25, -0.2) is 8.42 Å². The average Bonchev–Trinajstić information content (AvgIpc) is 2.76. The van der Waals surface area contributed by atoms with Gasteiger partial charge in [-0.05, 0) is 37.6 Å². The minimum Gasteiger partial charge on any atom is -0.497 e. The van der Waals surface area contributed by atoms with Gasteiger partial charge in [0.25, 0.3) is 0 Å². The summed E-state index contributed by atoms with van der Waals surface area (Å²) in [6.45, 7) is 3.71. The first-order chi connectivity index (χ1) is 14.4. The molecule has 2 rings (SSSR count). The van der Waals surface area contributed by atoms with Crippen molar-refractivity contribution in [2.45, 2.75) is 24.8 Å². The normalized spacial score (nSPS) is 11.4. The van der Waals surface area contributed by atoms with E-state index in [0.29, 0.717) is 36.9 Å². The van der Waals surface area contributed by atoms with Crippen LogP contribution in [0.4, 0.5) is 0 Å². The molecule has 0 aliphatic rings. The van der Waals surface area contributed by atoms with Crippen molar-refractivity contribution < 1.29 is 17.9 Å². The Labute approximate surface area is 202 Å². The summed E-state index contributed by atoms with van der Waals surface area (Å²) in [5.41, 5.74) is 0.998.